The lowest BCUT2D eigenvalue weighted by atomic mass is 10.1. The highest BCUT2D eigenvalue weighted by atomic mass is 15.6. The lowest BCUT2D eigenvalue weighted by Gasteiger charge is -2.22. The Kier molecular flexibility index (Phi) is 6.65. The molecule has 0 fully saturated rings. The van der Waals surface area contributed by atoms with E-state index in [2.05, 4.69) is 50.2 Å². The third kappa shape index (κ3) is 4.96. The van der Waals surface area contributed by atoms with Crippen LogP contribution in [-0.2, 0) is 19.6 Å². The van der Waals surface area contributed by atoms with Crippen molar-refractivity contribution >= 4 is 5.82 Å². The van der Waals surface area contributed by atoms with Gasteiger partial charge >= 0.3 is 0 Å². The third-order valence-electron chi connectivity index (χ3n) is 5.17. The van der Waals surface area contributed by atoms with Crippen LogP contribution in [0, 0.1) is 0 Å². The molecule has 1 aliphatic heterocycles. The highest BCUT2D eigenvalue weighted by molar-refractivity contribution is 5.43. The van der Waals surface area contributed by atoms with E-state index in [9.17, 15) is 0 Å². The van der Waals surface area contributed by atoms with Gasteiger partial charge in [0.2, 0.25) is 0 Å². The first-order chi connectivity index (χ1) is 15.3. The van der Waals surface area contributed by atoms with E-state index in [4.69, 9.17) is 11.5 Å². The number of benzene rings is 2. The van der Waals surface area contributed by atoms with Crippen molar-refractivity contribution < 1.29 is 0 Å². The van der Waals surface area contributed by atoms with Crippen molar-refractivity contribution in [3.63, 3.8) is 0 Å². The molecule has 5 N–H and O–H groups in total. The quantitative estimate of drug-likeness (QED) is 0.491. The number of nitrogens with zero attached hydrogens (tertiary/aromatic N) is 6. The van der Waals surface area contributed by atoms with Crippen molar-refractivity contribution in [2.75, 3.05) is 11.9 Å². The van der Waals surface area contributed by atoms with Gasteiger partial charge in [-0.3, -0.25) is 5.01 Å². The SMILES string of the molecule is NCc1nnn(Cc2ccccc2)c1N/C=C\C1C(CN)N=NN1Cc1ccccc1. The molecule has 0 saturated carbocycles. The van der Waals surface area contributed by atoms with Crippen LogP contribution in [0.5, 0.6) is 0 Å². The summed E-state index contributed by atoms with van der Waals surface area (Å²) in [4.78, 5) is 0. The van der Waals surface area contributed by atoms with Crippen LogP contribution < -0.4 is 16.8 Å². The fraction of sp³-hybridized carbons (Fsp3) is 0.273. The third-order valence-corrected chi connectivity index (χ3v) is 5.17. The number of hydrogen-bond donors (Lipinski definition) is 3. The summed E-state index contributed by atoms with van der Waals surface area (Å²) < 4.78 is 1.81. The second-order valence-electron chi connectivity index (χ2n) is 7.32. The Bertz CT molecular complexity index is 1010. The molecule has 2 heterocycles. The maximum Gasteiger partial charge on any atom is 0.153 e. The van der Waals surface area contributed by atoms with Crippen molar-refractivity contribution in [2.45, 2.75) is 31.7 Å². The Morgan fingerprint density at radius 2 is 1.61 bits per heavy atom. The van der Waals surface area contributed by atoms with E-state index in [1.54, 1.807) is 0 Å². The van der Waals surface area contributed by atoms with E-state index in [0.29, 0.717) is 31.9 Å². The zero-order valence-electron chi connectivity index (χ0n) is 17.2. The van der Waals surface area contributed by atoms with E-state index < -0.39 is 0 Å². The van der Waals surface area contributed by atoms with E-state index in [0.717, 1.165) is 11.4 Å². The van der Waals surface area contributed by atoms with Crippen molar-refractivity contribution in [2.24, 2.45) is 21.8 Å². The first-order valence-electron chi connectivity index (χ1n) is 10.3. The van der Waals surface area contributed by atoms with E-state index in [1.807, 2.05) is 58.4 Å². The molecule has 9 nitrogen and oxygen atoms in total. The van der Waals surface area contributed by atoms with Crippen LogP contribution in [0.25, 0.3) is 0 Å². The molecule has 0 radical (unpaired) electrons. The molecule has 0 aliphatic carbocycles. The standard InChI is InChI=1S/C22H27N9/c23-13-19-21(30(28-26-19)15-17-7-3-1-4-8-17)11-12-25-22-20(14-24)27-29-31(22)16-18-9-5-2-6-10-18/h1-12,19,21,25H,13-16,23-24H2/b12-11-. The van der Waals surface area contributed by atoms with Crippen LogP contribution in [0.4, 0.5) is 5.82 Å². The van der Waals surface area contributed by atoms with Gasteiger partial charge in [0.1, 0.15) is 11.7 Å². The average molecular weight is 418 g/mol. The maximum atomic E-state index is 5.93. The predicted octanol–water partition coefficient (Wildman–Crippen LogP) is 2.29. The van der Waals surface area contributed by atoms with E-state index in [1.165, 1.54) is 5.56 Å². The number of aromatic nitrogens is 3. The molecule has 9 heteroatoms. The van der Waals surface area contributed by atoms with E-state index in [-0.39, 0.29) is 12.1 Å². The largest absolute Gasteiger partial charge is 0.345 e. The van der Waals surface area contributed by atoms with Gasteiger partial charge in [0.05, 0.1) is 19.1 Å². The van der Waals surface area contributed by atoms with Gasteiger partial charge in [-0.2, -0.15) is 5.11 Å². The molecular formula is C22H27N9. The predicted molar refractivity (Wildman–Crippen MR) is 120 cm³/mol. The Hall–Kier alpha value is -3.56. The molecule has 0 saturated heterocycles. The van der Waals surface area contributed by atoms with Crippen molar-refractivity contribution in [1.29, 1.82) is 0 Å². The Morgan fingerprint density at radius 3 is 2.26 bits per heavy atom. The first-order valence-corrected chi connectivity index (χ1v) is 10.3. The minimum atomic E-state index is -0.0944. The van der Waals surface area contributed by atoms with Crippen LogP contribution in [-0.4, -0.2) is 38.6 Å². The number of hydrogen-bond acceptors (Lipinski definition) is 8. The zero-order valence-corrected chi connectivity index (χ0v) is 17.2. The van der Waals surface area contributed by atoms with Crippen LogP contribution in [0.1, 0.15) is 16.8 Å². The average Bonchev–Trinajstić information content (AvgIpc) is 3.38. The summed E-state index contributed by atoms with van der Waals surface area (Å²) in [6.45, 7) is 1.98. The molecule has 0 bridgehead atoms. The molecule has 1 aromatic heterocycles. The summed E-state index contributed by atoms with van der Waals surface area (Å²) in [6, 6.07) is 20.2. The zero-order chi connectivity index (χ0) is 21.5. The number of nitrogens with one attached hydrogen (secondary N) is 1. The van der Waals surface area contributed by atoms with Crippen LogP contribution in [0.3, 0.4) is 0 Å². The number of nitrogens with two attached hydrogens (primary N) is 2. The second kappa shape index (κ2) is 9.96. The molecule has 2 unspecified atom stereocenters. The highest BCUT2D eigenvalue weighted by Gasteiger charge is 2.29. The van der Waals surface area contributed by atoms with Gasteiger partial charge in [0, 0.05) is 19.3 Å². The first kappa shape index (κ1) is 20.7. The fourth-order valence-corrected chi connectivity index (χ4v) is 3.52. The number of anilines is 1. The van der Waals surface area contributed by atoms with Gasteiger partial charge in [-0.05, 0) is 17.2 Å². The van der Waals surface area contributed by atoms with Gasteiger partial charge in [-0.25, -0.2) is 4.68 Å². The summed E-state index contributed by atoms with van der Waals surface area (Å²) >= 11 is 0. The topological polar surface area (TPSA) is 123 Å². The molecular weight excluding hydrogens is 390 g/mol. The van der Waals surface area contributed by atoms with Gasteiger partial charge in [-0.15, -0.1) is 5.10 Å². The van der Waals surface area contributed by atoms with Gasteiger partial charge in [0.15, 0.2) is 5.82 Å². The highest BCUT2D eigenvalue weighted by Crippen LogP contribution is 2.22. The Morgan fingerprint density at radius 1 is 0.935 bits per heavy atom. The Balaban J connectivity index is 1.48. The molecule has 31 heavy (non-hydrogen) atoms. The summed E-state index contributed by atoms with van der Waals surface area (Å²) in [5.74, 6) is 0.772. The Labute approximate surface area is 181 Å². The van der Waals surface area contributed by atoms with Crippen molar-refractivity contribution in [3.05, 3.63) is 89.8 Å². The molecule has 0 amide bonds. The lowest BCUT2D eigenvalue weighted by molar-refractivity contribution is 0.247. The van der Waals surface area contributed by atoms with Crippen LogP contribution in [0.15, 0.2) is 83.3 Å². The molecule has 1 aliphatic rings. The van der Waals surface area contributed by atoms with Gasteiger partial charge < -0.3 is 16.8 Å². The smallest absolute Gasteiger partial charge is 0.153 e. The lowest BCUT2D eigenvalue weighted by Crippen LogP contribution is -2.37. The maximum absolute atomic E-state index is 5.93. The monoisotopic (exact) mass is 417 g/mol. The second-order valence-corrected chi connectivity index (χ2v) is 7.32. The molecule has 3 aromatic rings. The van der Waals surface area contributed by atoms with Crippen molar-refractivity contribution in [1.82, 2.24) is 20.0 Å². The summed E-state index contributed by atoms with van der Waals surface area (Å²) in [7, 11) is 0. The minimum absolute atomic E-state index is 0.0440. The molecule has 2 aromatic carbocycles. The summed E-state index contributed by atoms with van der Waals surface area (Å²) in [6.07, 6.45) is 3.90. The van der Waals surface area contributed by atoms with Crippen LogP contribution in [0.2, 0.25) is 0 Å². The molecule has 4 rings (SSSR count). The van der Waals surface area contributed by atoms with Crippen LogP contribution >= 0.6 is 0 Å². The molecule has 160 valence electrons. The van der Waals surface area contributed by atoms with E-state index >= 15 is 0 Å². The van der Waals surface area contributed by atoms with Gasteiger partial charge in [-0.1, -0.05) is 71.1 Å². The normalized spacial score (nSPS) is 18.2. The fourth-order valence-electron chi connectivity index (χ4n) is 3.52. The van der Waals surface area contributed by atoms with Crippen molar-refractivity contribution in [3.8, 4) is 0 Å². The summed E-state index contributed by atoms with van der Waals surface area (Å²) in [5, 5.41) is 22.4. The number of rotatable bonds is 9. The molecule has 2 atom stereocenters. The molecule has 0 spiro atoms. The minimum Gasteiger partial charge on any atom is -0.345 e. The van der Waals surface area contributed by atoms with Gasteiger partial charge in [0.25, 0.3) is 0 Å². The summed E-state index contributed by atoms with van der Waals surface area (Å²) in [5.41, 5.74) is 14.8.